The normalized spacial score (nSPS) is 12.4. The van der Waals surface area contributed by atoms with Gasteiger partial charge in [-0.15, -0.1) is 0 Å². The van der Waals surface area contributed by atoms with E-state index in [0.29, 0.717) is 11.3 Å². The molecule has 0 spiro atoms. The van der Waals surface area contributed by atoms with Crippen molar-refractivity contribution in [3.63, 3.8) is 0 Å². The van der Waals surface area contributed by atoms with Gasteiger partial charge in [0.05, 0.1) is 6.42 Å². The highest BCUT2D eigenvalue weighted by molar-refractivity contribution is 6.14. The molecule has 6 N–H and O–H groups in total. The molecule has 0 aromatic heterocycles. The Hall–Kier alpha value is -7.16. The lowest BCUT2D eigenvalue weighted by Gasteiger charge is -2.21. The van der Waals surface area contributed by atoms with Gasteiger partial charge in [-0.1, -0.05) is 54.6 Å². The van der Waals surface area contributed by atoms with Crippen molar-refractivity contribution < 1.29 is 43.1 Å². The SMILES string of the molecule is C[C@H](NC(=O)OC(C)(C)C)C(=O)Nc1cccc(C(=O)N[C@@H](C)C(=O)Nc2cccc(C(=O)N[C@@H](C)C(=O)Nc3cccc(C(=O)CC(=O)c4ccccc4)c3)c2)c1. The Balaban J connectivity index is 1.27. The molecule has 0 saturated carbocycles. The van der Waals surface area contributed by atoms with Crippen LogP contribution in [0.15, 0.2) is 103 Å². The first kappa shape index (κ1) is 43.6. The van der Waals surface area contributed by atoms with Gasteiger partial charge < -0.3 is 36.6 Å². The Kier molecular flexibility index (Phi) is 14.7. The second kappa shape index (κ2) is 19.6. The highest BCUT2D eigenvalue weighted by Gasteiger charge is 2.23. The molecule has 0 fully saturated rings. The highest BCUT2D eigenvalue weighted by atomic mass is 16.6. The number of alkyl carbamates (subject to hydrolysis) is 1. The second-order valence-electron chi connectivity index (χ2n) is 14.4. The monoisotopic (exact) mass is 790 g/mol. The zero-order valence-corrected chi connectivity index (χ0v) is 32.9. The van der Waals surface area contributed by atoms with Crippen molar-refractivity contribution in [1.29, 1.82) is 0 Å². The van der Waals surface area contributed by atoms with Crippen molar-refractivity contribution in [3.8, 4) is 0 Å². The third-order valence-electron chi connectivity index (χ3n) is 8.26. The van der Waals surface area contributed by atoms with Crippen molar-refractivity contribution in [1.82, 2.24) is 16.0 Å². The van der Waals surface area contributed by atoms with Gasteiger partial charge in [-0.05, 0) is 90.1 Å². The van der Waals surface area contributed by atoms with Crippen LogP contribution in [0.1, 0.15) is 89.4 Å². The minimum absolute atomic E-state index is 0.138. The molecule has 0 bridgehead atoms. The number of ether oxygens (including phenoxy) is 1. The van der Waals surface area contributed by atoms with Gasteiger partial charge in [0.2, 0.25) is 17.7 Å². The van der Waals surface area contributed by atoms with Gasteiger partial charge in [-0.2, -0.15) is 0 Å². The van der Waals surface area contributed by atoms with Crippen LogP contribution in [0.5, 0.6) is 0 Å². The van der Waals surface area contributed by atoms with Crippen LogP contribution in [0.3, 0.4) is 0 Å². The van der Waals surface area contributed by atoms with E-state index in [2.05, 4.69) is 31.9 Å². The molecule has 0 radical (unpaired) electrons. The third-order valence-corrected chi connectivity index (χ3v) is 8.26. The average molecular weight is 791 g/mol. The maximum Gasteiger partial charge on any atom is 0.408 e. The standard InChI is InChI=1S/C43H46N6O9/c1-25(37(52)47-32-18-10-15-29(21-32)36(51)24-35(50)28-13-8-7-9-14-28)44-40(55)30-16-11-19-33(22-30)48-38(53)26(2)45-41(56)31-17-12-20-34(23-31)49-39(54)27(3)46-42(57)58-43(4,5)6/h7-23,25-27H,24H2,1-6H3,(H,44,55)(H,45,56)(H,46,57)(H,47,52)(H,48,53)(H,49,54)/t25-,26-,27-/m0/s1. The van der Waals surface area contributed by atoms with Crippen LogP contribution in [0.4, 0.5) is 21.9 Å². The summed E-state index contributed by atoms with van der Waals surface area (Å²) in [7, 11) is 0. The highest BCUT2D eigenvalue weighted by Crippen LogP contribution is 2.17. The summed E-state index contributed by atoms with van der Waals surface area (Å²) in [6, 6.07) is 23.6. The molecule has 3 atom stereocenters. The second-order valence-corrected chi connectivity index (χ2v) is 14.4. The first-order valence-electron chi connectivity index (χ1n) is 18.3. The molecule has 0 aliphatic heterocycles. The summed E-state index contributed by atoms with van der Waals surface area (Å²) in [6.07, 6.45) is -1.09. The molecule has 15 heteroatoms. The lowest BCUT2D eigenvalue weighted by Crippen LogP contribution is -2.44. The number of carbonyl (C=O) groups is 8. The van der Waals surface area contributed by atoms with E-state index in [1.807, 2.05) is 0 Å². The first-order chi connectivity index (χ1) is 27.4. The van der Waals surface area contributed by atoms with Crippen molar-refractivity contribution in [3.05, 3.63) is 125 Å². The molecule has 0 unspecified atom stereocenters. The smallest absolute Gasteiger partial charge is 0.408 e. The number of rotatable bonds is 15. The molecule has 0 aliphatic carbocycles. The van der Waals surface area contributed by atoms with E-state index in [1.165, 1.54) is 57.2 Å². The summed E-state index contributed by atoms with van der Waals surface area (Å²) in [4.78, 5) is 102. The van der Waals surface area contributed by atoms with Crippen LogP contribution in [0, 0.1) is 0 Å². The van der Waals surface area contributed by atoms with Crippen LogP contribution >= 0.6 is 0 Å². The summed E-state index contributed by atoms with van der Waals surface area (Å²) in [5, 5.41) is 15.6. The molecule has 6 amide bonds. The van der Waals surface area contributed by atoms with E-state index in [0.717, 1.165) is 0 Å². The minimum Gasteiger partial charge on any atom is -0.444 e. The Morgan fingerprint density at radius 2 is 0.845 bits per heavy atom. The van der Waals surface area contributed by atoms with Crippen molar-refractivity contribution in [2.45, 2.75) is 71.7 Å². The zero-order chi connectivity index (χ0) is 42.6. The van der Waals surface area contributed by atoms with E-state index in [-0.39, 0.29) is 40.3 Å². The Morgan fingerprint density at radius 3 is 1.28 bits per heavy atom. The summed E-state index contributed by atoms with van der Waals surface area (Å²) < 4.78 is 5.17. The predicted octanol–water partition coefficient (Wildman–Crippen LogP) is 5.51. The van der Waals surface area contributed by atoms with Gasteiger partial charge in [0, 0.05) is 39.3 Å². The van der Waals surface area contributed by atoms with Crippen LogP contribution in [0.2, 0.25) is 0 Å². The quantitative estimate of drug-likeness (QED) is 0.0660. The predicted molar refractivity (Wildman–Crippen MR) is 218 cm³/mol. The zero-order valence-electron chi connectivity index (χ0n) is 32.9. The van der Waals surface area contributed by atoms with E-state index in [9.17, 15) is 38.4 Å². The summed E-state index contributed by atoms with van der Waals surface area (Å²) in [6.45, 7) is 9.51. The fourth-order valence-electron chi connectivity index (χ4n) is 5.21. The summed E-state index contributed by atoms with van der Waals surface area (Å²) in [5.41, 5.74) is 1.04. The van der Waals surface area contributed by atoms with Gasteiger partial charge in [-0.25, -0.2) is 4.79 Å². The Morgan fingerprint density at radius 1 is 0.483 bits per heavy atom. The van der Waals surface area contributed by atoms with Crippen LogP contribution in [0.25, 0.3) is 0 Å². The van der Waals surface area contributed by atoms with Gasteiger partial charge in [0.15, 0.2) is 11.6 Å². The molecular weight excluding hydrogens is 745 g/mol. The maximum atomic E-state index is 13.1. The molecule has 4 rings (SSSR count). The van der Waals surface area contributed by atoms with E-state index in [1.54, 1.807) is 87.5 Å². The number of Topliss-reactive ketones (excluding diaryl/α,β-unsaturated/α-hetero) is 2. The maximum absolute atomic E-state index is 13.1. The van der Waals surface area contributed by atoms with Crippen molar-refractivity contribution in [2.24, 2.45) is 0 Å². The van der Waals surface area contributed by atoms with Crippen molar-refractivity contribution in [2.75, 3.05) is 16.0 Å². The molecule has 0 heterocycles. The summed E-state index contributed by atoms with van der Waals surface area (Å²) in [5.74, 6) is -3.64. The average Bonchev–Trinajstić information content (AvgIpc) is 3.17. The molecule has 0 aliphatic rings. The fraction of sp³-hybridized carbons (Fsp3) is 0.256. The molecule has 15 nitrogen and oxygen atoms in total. The minimum atomic E-state index is -1.02. The molecule has 4 aromatic rings. The lowest BCUT2D eigenvalue weighted by atomic mass is 10.0. The van der Waals surface area contributed by atoms with Crippen LogP contribution in [-0.2, 0) is 19.1 Å². The lowest BCUT2D eigenvalue weighted by molar-refractivity contribution is -0.118. The van der Waals surface area contributed by atoms with E-state index >= 15 is 0 Å². The number of hydrogen-bond acceptors (Lipinski definition) is 9. The number of benzene rings is 4. The Bertz CT molecular complexity index is 2200. The largest absolute Gasteiger partial charge is 0.444 e. The number of carbonyl (C=O) groups excluding carboxylic acids is 8. The van der Waals surface area contributed by atoms with Gasteiger partial charge in [0.25, 0.3) is 11.8 Å². The van der Waals surface area contributed by atoms with Gasteiger partial charge in [0.1, 0.15) is 23.7 Å². The first-order valence-corrected chi connectivity index (χ1v) is 18.3. The topological polar surface area (TPSA) is 218 Å². The number of amides is 6. The van der Waals surface area contributed by atoms with Crippen LogP contribution in [-0.4, -0.2) is 70.9 Å². The van der Waals surface area contributed by atoms with E-state index in [4.69, 9.17) is 4.74 Å². The number of nitrogens with one attached hydrogen (secondary N) is 6. The van der Waals surface area contributed by atoms with Crippen molar-refractivity contribution >= 4 is 64.3 Å². The molecule has 4 aromatic carbocycles. The molecule has 58 heavy (non-hydrogen) atoms. The fourth-order valence-corrected chi connectivity index (χ4v) is 5.21. The summed E-state index contributed by atoms with van der Waals surface area (Å²) >= 11 is 0. The number of anilines is 3. The van der Waals surface area contributed by atoms with Gasteiger partial charge >= 0.3 is 6.09 Å². The third kappa shape index (κ3) is 13.3. The number of hydrogen-bond donors (Lipinski definition) is 6. The molecular formula is C43H46N6O9. The van der Waals surface area contributed by atoms with Gasteiger partial charge in [-0.3, -0.25) is 33.6 Å². The van der Waals surface area contributed by atoms with Crippen LogP contribution < -0.4 is 31.9 Å². The van der Waals surface area contributed by atoms with E-state index < -0.39 is 65.1 Å². The molecule has 0 saturated heterocycles. The number of ketones is 2. The molecule has 302 valence electrons. The Labute approximate surface area is 335 Å².